The fourth-order valence-corrected chi connectivity index (χ4v) is 8.14. The molecule has 4 N–H and O–H groups in total. The molecule has 0 aliphatic carbocycles. The van der Waals surface area contributed by atoms with Crippen LogP contribution in [0.15, 0.2) is 60.9 Å². The number of rotatable bonds is 15. The van der Waals surface area contributed by atoms with Gasteiger partial charge in [-0.1, -0.05) is 48.5 Å². The summed E-state index contributed by atoms with van der Waals surface area (Å²) >= 11 is 0. The molecule has 4 heterocycles. The number of likely N-dealkylation sites (tertiary alicyclic amines) is 2. The van der Waals surface area contributed by atoms with Crippen LogP contribution >= 0.6 is 0 Å². The zero-order chi connectivity index (χ0) is 43.1. The fraction of sp³-hybridized carbons (Fsp3) is 0.488. The number of nitrogens with zero attached hydrogens (tertiary/aromatic N) is 4. The van der Waals surface area contributed by atoms with Gasteiger partial charge < -0.3 is 54.1 Å². The van der Waals surface area contributed by atoms with E-state index < -0.39 is 36.5 Å². The highest BCUT2D eigenvalue weighted by Gasteiger charge is 2.43. The van der Waals surface area contributed by atoms with Gasteiger partial charge in [0.05, 0.1) is 68.9 Å². The Bertz CT molecular complexity index is 2090. The van der Waals surface area contributed by atoms with E-state index in [0.29, 0.717) is 31.2 Å². The predicted molar refractivity (Wildman–Crippen MR) is 221 cm³/mol. The van der Waals surface area contributed by atoms with Crippen molar-refractivity contribution in [3.05, 3.63) is 72.6 Å². The highest BCUT2D eigenvalue weighted by atomic mass is 16.5. The number of imidazole rings is 2. The molecule has 17 heteroatoms. The number of carbonyl (C=O) groups excluding carboxylic acids is 4. The highest BCUT2D eigenvalue weighted by Crippen LogP contribution is 2.38. The Labute approximate surface area is 349 Å². The van der Waals surface area contributed by atoms with Gasteiger partial charge in [0.25, 0.3) is 0 Å². The van der Waals surface area contributed by atoms with Gasteiger partial charge in [0.15, 0.2) is 0 Å². The number of ether oxygens (including phenoxy) is 5. The molecule has 2 saturated heterocycles. The van der Waals surface area contributed by atoms with Crippen LogP contribution in [0.2, 0.25) is 0 Å². The van der Waals surface area contributed by atoms with Gasteiger partial charge in [-0.05, 0) is 62.3 Å². The minimum absolute atomic E-state index is 0.0632. The lowest BCUT2D eigenvalue weighted by molar-refractivity contribution is -0.139. The van der Waals surface area contributed by atoms with Crippen molar-refractivity contribution in [1.82, 2.24) is 40.4 Å². The van der Waals surface area contributed by atoms with E-state index in [0.717, 1.165) is 46.5 Å². The van der Waals surface area contributed by atoms with Gasteiger partial charge in [-0.3, -0.25) is 9.59 Å². The van der Waals surface area contributed by atoms with Crippen LogP contribution in [0, 0.1) is 5.92 Å². The van der Waals surface area contributed by atoms with E-state index in [1.165, 1.54) is 28.4 Å². The fourth-order valence-electron chi connectivity index (χ4n) is 8.14. The van der Waals surface area contributed by atoms with Crippen LogP contribution in [-0.4, -0.2) is 133 Å². The molecule has 2 fully saturated rings. The average molecular weight is 829 g/mol. The van der Waals surface area contributed by atoms with Crippen LogP contribution < -0.4 is 10.6 Å². The molecule has 0 unspecified atom stereocenters. The number of hydrogen-bond acceptors (Lipinski definition) is 11. The second kappa shape index (κ2) is 19.5. The molecule has 4 amide bonds. The maximum atomic E-state index is 13.9. The third-order valence-corrected chi connectivity index (χ3v) is 11.7. The van der Waals surface area contributed by atoms with Crippen LogP contribution in [0.25, 0.3) is 33.6 Å². The molecule has 2 aliphatic rings. The number of aromatic nitrogens is 4. The molecule has 0 bridgehead atoms. The molecular formula is C43H56N8O9. The Kier molecular flexibility index (Phi) is 14.2. The molecule has 322 valence electrons. The molecule has 2 aromatic heterocycles. The van der Waals surface area contributed by atoms with Crippen LogP contribution in [0.4, 0.5) is 9.59 Å². The van der Waals surface area contributed by atoms with Crippen molar-refractivity contribution in [3.63, 3.8) is 0 Å². The summed E-state index contributed by atoms with van der Waals surface area (Å²) in [7, 11) is 7.13. The summed E-state index contributed by atoms with van der Waals surface area (Å²) in [6.07, 6.45) is 3.10. The Morgan fingerprint density at radius 1 is 0.700 bits per heavy atom. The molecule has 17 nitrogen and oxygen atoms in total. The first-order valence-corrected chi connectivity index (χ1v) is 20.1. The van der Waals surface area contributed by atoms with E-state index in [1.807, 2.05) is 43.3 Å². The largest absolute Gasteiger partial charge is 0.453 e. The van der Waals surface area contributed by atoms with E-state index in [4.69, 9.17) is 33.7 Å². The first-order chi connectivity index (χ1) is 28.9. The predicted octanol–water partition coefficient (Wildman–Crippen LogP) is 5.24. The second-order valence-corrected chi connectivity index (χ2v) is 15.4. The van der Waals surface area contributed by atoms with Crippen LogP contribution in [0.1, 0.15) is 63.8 Å². The summed E-state index contributed by atoms with van der Waals surface area (Å²) in [5.74, 6) is 0.844. The number of hydrogen-bond donors (Lipinski definition) is 4. The van der Waals surface area contributed by atoms with Gasteiger partial charge in [0.2, 0.25) is 11.8 Å². The molecule has 0 spiro atoms. The molecule has 8 atom stereocenters. The number of aromatic amines is 2. The van der Waals surface area contributed by atoms with E-state index in [2.05, 4.69) is 32.7 Å². The van der Waals surface area contributed by atoms with Crippen molar-refractivity contribution >= 4 is 24.0 Å². The monoisotopic (exact) mass is 828 g/mol. The van der Waals surface area contributed by atoms with E-state index in [9.17, 15) is 19.2 Å². The lowest BCUT2D eigenvalue weighted by Crippen LogP contribution is -2.55. The Morgan fingerprint density at radius 3 is 1.63 bits per heavy atom. The molecule has 0 saturated carbocycles. The summed E-state index contributed by atoms with van der Waals surface area (Å²) in [5, 5.41) is 5.27. The van der Waals surface area contributed by atoms with Gasteiger partial charge in [0.1, 0.15) is 23.7 Å². The minimum Gasteiger partial charge on any atom is -0.453 e. The SMILES string of the molecule is COC[C@H]1C[C@@H](c2ncc(-c3ccc(-c4ccc(-c5cnc([C@@H]6CC[C@H](C)N6C(=O)[C@@H](NC(=O)OC)[C@@H](C)OC)[nH]5)cc4)cc3)[nH]2)N(C(=O)[C@@H](NC(=O)OC)[C@@H](C)OC)C1. The second-order valence-electron chi connectivity index (χ2n) is 15.4. The standard InChI is InChI=1S/C43H56N8O9/c1-24-9-18-34(51(24)41(53)37(26(3)58-6)49-43(55)60-8)38-44-20-32(46-38)30-14-10-28(11-15-30)29-12-16-31(17-13-29)33-21-45-39(47-33)35-19-27(23-56-4)22-50(35)40(52)36(25(2)57-5)48-42(54)59-7/h10-17,20-21,24-27,34-37H,9,18-19,22-23H2,1-8H3,(H,44,46)(H,45,47)(H,48,54)(H,49,55)/t24-,25+,26+,27-,34-,35-,36-,37-/m0/s1. The van der Waals surface area contributed by atoms with Crippen molar-refractivity contribution in [2.45, 2.75) is 82.5 Å². The van der Waals surface area contributed by atoms with Crippen LogP contribution in [0.5, 0.6) is 0 Å². The Balaban J connectivity index is 1.14. The quantitative estimate of drug-likeness (QED) is 0.122. The van der Waals surface area contributed by atoms with Gasteiger partial charge in [-0.15, -0.1) is 0 Å². The van der Waals surface area contributed by atoms with Crippen molar-refractivity contribution in [1.29, 1.82) is 0 Å². The number of carbonyl (C=O) groups is 4. The number of H-pyrrole nitrogens is 2. The number of methoxy groups -OCH3 is 5. The zero-order valence-electron chi connectivity index (χ0n) is 35.4. The average Bonchev–Trinajstić information content (AvgIpc) is 4.11. The van der Waals surface area contributed by atoms with Crippen molar-refractivity contribution in [2.24, 2.45) is 5.92 Å². The molecule has 2 aromatic carbocycles. The Morgan fingerprint density at radius 2 is 1.17 bits per heavy atom. The molecule has 0 radical (unpaired) electrons. The van der Waals surface area contributed by atoms with E-state index >= 15 is 0 Å². The number of benzene rings is 2. The minimum atomic E-state index is -0.953. The maximum Gasteiger partial charge on any atom is 0.407 e. The molecule has 2 aliphatic heterocycles. The third kappa shape index (κ3) is 9.48. The summed E-state index contributed by atoms with van der Waals surface area (Å²) in [4.78, 5) is 71.8. The third-order valence-electron chi connectivity index (χ3n) is 11.7. The normalized spacial score (nSPS) is 20.9. The smallest absolute Gasteiger partial charge is 0.407 e. The Hall–Kier alpha value is -5.78. The van der Waals surface area contributed by atoms with Gasteiger partial charge in [-0.25, -0.2) is 19.6 Å². The van der Waals surface area contributed by atoms with Crippen molar-refractivity contribution < 1.29 is 42.9 Å². The van der Waals surface area contributed by atoms with Crippen LogP contribution in [-0.2, 0) is 33.3 Å². The summed E-state index contributed by atoms with van der Waals surface area (Å²) < 4.78 is 25.9. The van der Waals surface area contributed by atoms with Crippen molar-refractivity contribution in [3.8, 4) is 33.6 Å². The highest BCUT2D eigenvalue weighted by molar-refractivity contribution is 5.88. The van der Waals surface area contributed by atoms with Crippen molar-refractivity contribution in [2.75, 3.05) is 48.7 Å². The van der Waals surface area contributed by atoms with E-state index in [-0.39, 0.29) is 35.9 Å². The van der Waals surface area contributed by atoms with Crippen LogP contribution in [0.3, 0.4) is 0 Å². The summed E-state index contributed by atoms with van der Waals surface area (Å²) in [6, 6.07) is 13.7. The first-order valence-electron chi connectivity index (χ1n) is 20.1. The first kappa shape index (κ1) is 43.8. The molecular weight excluding hydrogens is 773 g/mol. The van der Waals surface area contributed by atoms with E-state index in [1.54, 1.807) is 43.2 Å². The summed E-state index contributed by atoms with van der Waals surface area (Å²) in [6.45, 7) is 6.36. The van der Waals surface area contributed by atoms with Gasteiger partial charge >= 0.3 is 12.2 Å². The maximum absolute atomic E-state index is 13.9. The zero-order valence-corrected chi connectivity index (χ0v) is 35.4. The molecule has 60 heavy (non-hydrogen) atoms. The topological polar surface area (TPSA) is 202 Å². The number of alkyl carbamates (subject to hydrolysis) is 2. The van der Waals surface area contributed by atoms with Gasteiger partial charge in [-0.2, -0.15) is 0 Å². The number of nitrogens with one attached hydrogen (secondary N) is 4. The number of amides is 4. The molecule has 6 rings (SSSR count). The lowest BCUT2D eigenvalue weighted by atomic mass is 10.0. The summed E-state index contributed by atoms with van der Waals surface area (Å²) in [5.41, 5.74) is 5.55. The van der Waals surface area contributed by atoms with Gasteiger partial charge in [0, 0.05) is 39.8 Å². The molecule has 4 aromatic rings. The lowest BCUT2D eigenvalue weighted by Gasteiger charge is -2.33.